The number of amides is 1. The Morgan fingerprint density at radius 2 is 1.42 bits per heavy atom. The van der Waals surface area contributed by atoms with Crippen molar-refractivity contribution >= 4 is 27.3 Å². The molecule has 166 valence electrons. The predicted octanol–water partition coefficient (Wildman–Crippen LogP) is 5.04. The number of phenolic OH excluding ortho intramolecular Hbond substituents is 1. The highest BCUT2D eigenvalue weighted by molar-refractivity contribution is 7.92. The third kappa shape index (κ3) is 5.05. The monoisotopic (exact) mass is 458 g/mol. The number of hydrogen-bond acceptors (Lipinski definition) is 4. The van der Waals surface area contributed by atoms with E-state index in [4.69, 9.17) is 0 Å². The number of para-hydroxylation sites is 3. The summed E-state index contributed by atoms with van der Waals surface area (Å²) < 4.78 is 28.7. The first-order chi connectivity index (χ1) is 15.9. The van der Waals surface area contributed by atoms with Crippen LogP contribution in [0.4, 0.5) is 11.4 Å². The van der Waals surface area contributed by atoms with Crippen molar-refractivity contribution in [3.05, 3.63) is 120 Å². The van der Waals surface area contributed by atoms with Gasteiger partial charge in [0.25, 0.3) is 15.9 Å². The quantitative estimate of drug-likeness (QED) is 0.380. The van der Waals surface area contributed by atoms with E-state index < -0.39 is 15.9 Å². The smallest absolute Gasteiger partial charge is 0.264 e. The van der Waals surface area contributed by atoms with Gasteiger partial charge in [0.15, 0.2) is 0 Å². The Labute approximate surface area is 192 Å². The number of hydrogen-bond donors (Lipinski definition) is 2. The van der Waals surface area contributed by atoms with Crippen LogP contribution in [0.5, 0.6) is 5.75 Å². The highest BCUT2D eigenvalue weighted by atomic mass is 32.2. The Morgan fingerprint density at radius 1 is 0.788 bits per heavy atom. The first kappa shape index (κ1) is 22.1. The largest absolute Gasteiger partial charge is 0.506 e. The van der Waals surface area contributed by atoms with E-state index in [9.17, 15) is 18.3 Å². The molecular weight excluding hydrogens is 436 g/mol. The van der Waals surface area contributed by atoms with E-state index in [-0.39, 0.29) is 28.4 Å². The third-order valence-corrected chi connectivity index (χ3v) is 6.82. The van der Waals surface area contributed by atoms with Crippen molar-refractivity contribution in [3.63, 3.8) is 0 Å². The molecular formula is C26H22N2O4S. The third-order valence-electron chi connectivity index (χ3n) is 5.05. The summed E-state index contributed by atoms with van der Waals surface area (Å²) in [5, 5.41) is 12.5. The Morgan fingerprint density at radius 3 is 2.12 bits per heavy atom. The van der Waals surface area contributed by atoms with Crippen molar-refractivity contribution in [1.82, 2.24) is 0 Å². The lowest BCUT2D eigenvalue weighted by molar-refractivity contribution is 0.102. The maximum Gasteiger partial charge on any atom is 0.264 e. The number of carbonyl (C=O) groups excluding carboxylic acids is 1. The second-order valence-electron chi connectivity index (χ2n) is 7.33. The number of sulfonamides is 1. The SMILES string of the molecule is O=C(Nc1ccccc1O)c1cccc(S(=O)(=O)N(Cc2ccccc2)c2ccccc2)c1. The lowest BCUT2D eigenvalue weighted by atomic mass is 10.2. The molecule has 4 rings (SSSR count). The van der Waals surface area contributed by atoms with Gasteiger partial charge in [0, 0.05) is 5.56 Å². The van der Waals surface area contributed by atoms with Gasteiger partial charge in [-0.3, -0.25) is 9.10 Å². The standard InChI is InChI=1S/C26H22N2O4S/c29-25-17-8-7-16-24(25)27-26(30)21-12-9-15-23(18-21)33(31,32)28(22-13-5-2-6-14-22)19-20-10-3-1-4-11-20/h1-18,29H,19H2,(H,27,30). The maximum absolute atomic E-state index is 13.7. The van der Waals surface area contributed by atoms with Gasteiger partial charge in [0.2, 0.25) is 0 Å². The number of anilines is 2. The van der Waals surface area contributed by atoms with Gasteiger partial charge >= 0.3 is 0 Å². The summed E-state index contributed by atoms with van der Waals surface area (Å²) in [6.07, 6.45) is 0. The van der Waals surface area contributed by atoms with Gasteiger partial charge < -0.3 is 10.4 Å². The Bertz CT molecular complexity index is 1360. The second kappa shape index (κ2) is 9.58. The molecule has 4 aromatic carbocycles. The lowest BCUT2D eigenvalue weighted by Gasteiger charge is -2.25. The fourth-order valence-corrected chi connectivity index (χ4v) is 4.86. The molecule has 0 bridgehead atoms. The number of benzene rings is 4. The average Bonchev–Trinajstić information content (AvgIpc) is 2.85. The molecule has 0 aliphatic heterocycles. The van der Waals surface area contributed by atoms with E-state index in [1.54, 1.807) is 42.5 Å². The van der Waals surface area contributed by atoms with E-state index in [2.05, 4.69) is 5.32 Å². The van der Waals surface area contributed by atoms with Crippen molar-refractivity contribution in [2.75, 3.05) is 9.62 Å². The molecule has 0 aliphatic rings. The molecule has 0 spiro atoms. The molecule has 0 heterocycles. The highest BCUT2D eigenvalue weighted by Gasteiger charge is 2.26. The zero-order chi connectivity index (χ0) is 23.3. The minimum absolute atomic E-state index is 0.00721. The number of phenols is 1. The zero-order valence-corrected chi connectivity index (χ0v) is 18.4. The molecule has 7 heteroatoms. The fraction of sp³-hybridized carbons (Fsp3) is 0.0385. The van der Waals surface area contributed by atoms with Crippen LogP contribution in [0.25, 0.3) is 0 Å². The van der Waals surface area contributed by atoms with Crippen LogP contribution >= 0.6 is 0 Å². The topological polar surface area (TPSA) is 86.7 Å². The van der Waals surface area contributed by atoms with Crippen LogP contribution in [-0.4, -0.2) is 19.4 Å². The van der Waals surface area contributed by atoms with Crippen LogP contribution in [0.2, 0.25) is 0 Å². The normalized spacial score (nSPS) is 11.0. The van der Waals surface area contributed by atoms with Gasteiger partial charge in [-0.15, -0.1) is 0 Å². The van der Waals surface area contributed by atoms with Gasteiger partial charge in [0.1, 0.15) is 5.75 Å². The summed E-state index contributed by atoms with van der Waals surface area (Å²) in [5.41, 5.74) is 1.75. The number of aromatic hydroxyl groups is 1. The van der Waals surface area contributed by atoms with E-state index in [0.717, 1.165) is 5.56 Å². The molecule has 1 amide bonds. The minimum atomic E-state index is -3.99. The first-order valence-corrected chi connectivity index (χ1v) is 11.7. The highest BCUT2D eigenvalue weighted by Crippen LogP contribution is 2.27. The summed E-state index contributed by atoms with van der Waals surface area (Å²) in [6.45, 7) is 0.140. The Kier molecular flexibility index (Phi) is 6.42. The van der Waals surface area contributed by atoms with E-state index in [1.807, 2.05) is 36.4 Å². The fourth-order valence-electron chi connectivity index (χ4n) is 3.36. The van der Waals surface area contributed by atoms with Crippen molar-refractivity contribution in [2.24, 2.45) is 0 Å². The molecule has 0 aromatic heterocycles. The van der Waals surface area contributed by atoms with Crippen LogP contribution in [0, 0.1) is 0 Å². The first-order valence-electron chi connectivity index (χ1n) is 10.3. The van der Waals surface area contributed by atoms with Crippen LogP contribution in [0.3, 0.4) is 0 Å². The molecule has 0 fully saturated rings. The van der Waals surface area contributed by atoms with Crippen molar-refractivity contribution < 1.29 is 18.3 Å². The second-order valence-corrected chi connectivity index (χ2v) is 9.19. The molecule has 2 N–H and O–H groups in total. The van der Waals surface area contributed by atoms with Crippen molar-refractivity contribution in [3.8, 4) is 5.75 Å². The molecule has 0 saturated carbocycles. The summed E-state index contributed by atoms with van der Waals surface area (Å²) in [4.78, 5) is 12.7. The van der Waals surface area contributed by atoms with Gasteiger partial charge in [-0.1, -0.05) is 66.7 Å². The van der Waals surface area contributed by atoms with Crippen LogP contribution < -0.4 is 9.62 Å². The number of rotatable bonds is 7. The number of nitrogens with one attached hydrogen (secondary N) is 1. The Hall–Kier alpha value is -4.10. The van der Waals surface area contributed by atoms with Crippen molar-refractivity contribution in [1.29, 1.82) is 0 Å². The predicted molar refractivity (Wildman–Crippen MR) is 129 cm³/mol. The molecule has 0 radical (unpaired) electrons. The number of carbonyl (C=O) groups is 1. The molecule has 6 nitrogen and oxygen atoms in total. The average molecular weight is 459 g/mol. The van der Waals surface area contributed by atoms with Crippen LogP contribution in [0.1, 0.15) is 15.9 Å². The van der Waals surface area contributed by atoms with E-state index >= 15 is 0 Å². The Balaban J connectivity index is 1.68. The van der Waals surface area contributed by atoms with Crippen LogP contribution in [-0.2, 0) is 16.6 Å². The molecule has 0 atom stereocenters. The number of nitrogens with zero attached hydrogens (tertiary/aromatic N) is 1. The summed E-state index contributed by atoms with van der Waals surface area (Å²) in [7, 11) is -3.99. The molecule has 0 saturated heterocycles. The molecule has 0 aliphatic carbocycles. The van der Waals surface area contributed by atoms with Gasteiger partial charge in [-0.2, -0.15) is 0 Å². The molecule has 4 aromatic rings. The van der Waals surface area contributed by atoms with Crippen molar-refractivity contribution in [2.45, 2.75) is 11.4 Å². The van der Waals surface area contributed by atoms with Gasteiger partial charge in [-0.05, 0) is 48.0 Å². The molecule has 33 heavy (non-hydrogen) atoms. The zero-order valence-electron chi connectivity index (χ0n) is 17.6. The summed E-state index contributed by atoms with van der Waals surface area (Å²) in [6, 6.07) is 30.3. The summed E-state index contributed by atoms with van der Waals surface area (Å²) in [5.74, 6) is -0.601. The minimum Gasteiger partial charge on any atom is -0.506 e. The molecule has 0 unspecified atom stereocenters. The van der Waals surface area contributed by atoms with Crippen LogP contribution in [0.15, 0.2) is 114 Å². The van der Waals surface area contributed by atoms with Gasteiger partial charge in [0.05, 0.1) is 22.8 Å². The van der Waals surface area contributed by atoms with Gasteiger partial charge in [-0.25, -0.2) is 8.42 Å². The maximum atomic E-state index is 13.7. The summed E-state index contributed by atoms with van der Waals surface area (Å²) >= 11 is 0. The van der Waals surface area contributed by atoms with E-state index in [0.29, 0.717) is 5.69 Å². The van der Waals surface area contributed by atoms with E-state index in [1.165, 1.54) is 34.6 Å². The lowest BCUT2D eigenvalue weighted by Crippen LogP contribution is -2.30.